The molecule has 2 aromatic heterocycles. The molecule has 2 unspecified atom stereocenters. The molecule has 0 saturated carbocycles. The minimum atomic E-state index is -5.20. The Morgan fingerprint density at radius 3 is 1.15 bits per heavy atom. The fourth-order valence-corrected chi connectivity index (χ4v) is 13.8. The van der Waals surface area contributed by atoms with Crippen LogP contribution < -0.4 is 40.6 Å². The van der Waals surface area contributed by atoms with Gasteiger partial charge in [-0.1, -0.05) is 64.1 Å². The molecule has 6 aromatic rings. The molecule has 2 amide bonds. The van der Waals surface area contributed by atoms with Gasteiger partial charge in [0.1, 0.15) is 23.7 Å². The second-order valence-electron chi connectivity index (χ2n) is 28.0. The van der Waals surface area contributed by atoms with Gasteiger partial charge in [-0.15, -0.1) is 0 Å². The van der Waals surface area contributed by atoms with Crippen molar-refractivity contribution in [3.63, 3.8) is 0 Å². The van der Waals surface area contributed by atoms with E-state index in [-0.39, 0.29) is 143 Å². The molecule has 604 valence electrons. The van der Waals surface area contributed by atoms with E-state index in [0.29, 0.717) is 97.0 Å². The van der Waals surface area contributed by atoms with Crippen molar-refractivity contribution in [2.24, 2.45) is 23.7 Å². The SMILES string of the molecule is CCOC(=O)C[C@H](NC(=O)C(CC(C)C)n1cc(CCN2CC(COC)C2)c(C(F)(F)F)cc1=O)c1cc(-c2c(C)cccc2C)cc(C(F)(F)F)c1F.COCC1CN(CCc2cn(C(CC(C)C)C(=O)N[C@@H](CC(=O)O)c3cc(-c4c(C)cccc4C)cc(C(F)(F)F)c3F)c(=O)cc2C(F)(F)F)C1.S.S.[Li+].[OH-]. The van der Waals surface area contributed by atoms with E-state index in [9.17, 15) is 86.6 Å². The summed E-state index contributed by atoms with van der Waals surface area (Å²) in [6.45, 7) is 18.7. The number of carboxylic acid groups (broad SMARTS) is 1. The number of carbonyl (C=O) groups is 4. The van der Waals surface area contributed by atoms with Gasteiger partial charge in [0.2, 0.25) is 11.8 Å². The van der Waals surface area contributed by atoms with Crippen molar-refractivity contribution >= 4 is 50.7 Å². The Balaban J connectivity index is 0.000000551. The smallest absolute Gasteiger partial charge is 0.870 e. The number of aliphatic carboxylic acids is 1. The number of hydrogen-bond donors (Lipinski definition) is 3. The number of benzene rings is 4. The van der Waals surface area contributed by atoms with Gasteiger partial charge in [-0.2, -0.15) is 79.7 Å². The molecule has 4 heterocycles. The van der Waals surface area contributed by atoms with Crippen LogP contribution in [0.5, 0.6) is 0 Å². The van der Waals surface area contributed by atoms with E-state index in [0.717, 1.165) is 33.7 Å². The molecule has 110 heavy (non-hydrogen) atoms. The summed E-state index contributed by atoms with van der Waals surface area (Å²) in [5.74, 6) is -8.33. The first kappa shape index (κ1) is 97.0. The molecule has 2 aliphatic heterocycles. The number of carboxylic acids is 1. The Bertz CT molecular complexity index is 4220. The summed E-state index contributed by atoms with van der Waals surface area (Å²) in [6.07, 6.45) is -20.5. The number of likely N-dealkylation sites (tertiary alicyclic amines) is 2. The second kappa shape index (κ2) is 41.0. The van der Waals surface area contributed by atoms with E-state index < -0.39 is 142 Å². The summed E-state index contributed by atoms with van der Waals surface area (Å²) in [6, 6.07) is 7.74. The molecule has 0 radical (unpaired) electrons. The number of amides is 2. The van der Waals surface area contributed by atoms with Crippen molar-refractivity contribution in [1.29, 1.82) is 0 Å². The first-order valence-corrected chi connectivity index (χ1v) is 34.4. The normalized spacial score (nSPS) is 14.8. The Hall–Kier alpha value is -7.22. The number of nitrogens with zero attached hydrogens (tertiary/aromatic N) is 4. The quantitative estimate of drug-likeness (QED) is 0.0226. The minimum Gasteiger partial charge on any atom is -0.870 e. The maximum Gasteiger partial charge on any atom is 1.00 e. The molecule has 2 saturated heterocycles. The summed E-state index contributed by atoms with van der Waals surface area (Å²) >= 11 is 0. The molecule has 8 rings (SSSR count). The van der Waals surface area contributed by atoms with Gasteiger partial charge >= 0.3 is 55.5 Å². The average molecular weight is 1600 g/mol. The van der Waals surface area contributed by atoms with Gasteiger partial charge in [-0.05, 0) is 152 Å². The van der Waals surface area contributed by atoms with E-state index in [4.69, 9.17) is 14.2 Å². The Labute approximate surface area is 654 Å². The molecule has 34 heteroatoms. The van der Waals surface area contributed by atoms with E-state index in [1.807, 2.05) is 9.80 Å². The zero-order chi connectivity index (χ0) is 78.8. The molecule has 4 N–H and O–H groups in total. The Kier molecular flexibility index (Phi) is 36.1. The molecule has 0 aliphatic carbocycles. The van der Waals surface area contributed by atoms with Gasteiger partial charge in [0, 0.05) is 101 Å². The molecule has 17 nitrogen and oxygen atoms in total. The van der Waals surface area contributed by atoms with E-state index in [1.165, 1.54) is 6.92 Å². The second-order valence-corrected chi connectivity index (χ2v) is 28.0. The van der Waals surface area contributed by atoms with Crippen molar-refractivity contribution in [3.8, 4) is 22.3 Å². The van der Waals surface area contributed by atoms with Crippen molar-refractivity contribution < 1.29 is 124 Å². The molecule has 4 atom stereocenters. The predicted octanol–water partition coefficient (Wildman–Crippen LogP) is 12.2. The number of rotatable bonds is 29. The zero-order valence-corrected chi connectivity index (χ0v) is 65.0. The number of nitrogens with one attached hydrogen (secondary N) is 2. The van der Waals surface area contributed by atoms with E-state index in [1.54, 1.807) is 106 Å². The van der Waals surface area contributed by atoms with Crippen LogP contribution in [0.1, 0.15) is 151 Å². The number of hydrogen-bond acceptors (Lipinski definition) is 12. The predicted molar refractivity (Wildman–Crippen MR) is 390 cm³/mol. The monoisotopic (exact) mass is 1600 g/mol. The third-order valence-electron chi connectivity index (χ3n) is 18.7. The van der Waals surface area contributed by atoms with E-state index in [2.05, 4.69) is 10.6 Å². The molecular formula is C76H93F14LiN6O11S2. The maximum atomic E-state index is 16.1. The Morgan fingerprint density at radius 1 is 0.536 bits per heavy atom. The number of ether oxygens (including phenoxy) is 3. The van der Waals surface area contributed by atoms with Gasteiger partial charge in [-0.25, -0.2) is 8.78 Å². The number of pyridine rings is 2. The standard InChI is InChI=1S/C39H46F7N3O5.C37H42F7N3O5.Li.H2O.2H2S/c1-7-54-34(51)17-31(28-14-27(15-30(36(28)40)39(44,45)46)35-23(4)9-8-10-24(35)5)47-37(52)32(13-22(2)3)49-20-26(29(16-33(49)50)38(41,42)43)11-12-48-18-25(19-48)21-53-6;1-20(2)11-30(47-18-24(27(14-31(47)48)36(39,40)41)9-10-46-16-23(17-46)19-52-5)35(51)45-29(15-32(49)50)26-12-25(13-28(34(26)38)37(42,43)44)33-21(3)7-6-8-22(33)4;;;;/h8-10,14-16,20,22,25,31-32H,7,11-13,17-19,21H2,1-6H3,(H,47,52);6-8,12-14,18,20,23,29-30H,9-11,15-17,19H2,1-5H3,(H,45,51)(H,49,50);;3*1H2/q;;+1;;;/p-1/t31-,32?;29-,30?;;;;/m00..../s1. The number of esters is 1. The average Bonchev–Trinajstić information content (AvgIpc) is 0.785. The van der Waals surface area contributed by atoms with E-state index >= 15 is 8.78 Å². The zero-order valence-electron chi connectivity index (χ0n) is 63.0. The third kappa shape index (κ3) is 25.1. The summed E-state index contributed by atoms with van der Waals surface area (Å²) in [4.78, 5) is 83.6. The van der Waals surface area contributed by atoms with Crippen LogP contribution in [0.25, 0.3) is 22.3 Å². The Morgan fingerprint density at radius 2 is 0.864 bits per heavy atom. The number of alkyl halides is 12. The van der Waals surface area contributed by atoms with Crippen LogP contribution in [0.15, 0.2) is 94.8 Å². The summed E-state index contributed by atoms with van der Waals surface area (Å²) in [5, 5.41) is 14.6. The van der Waals surface area contributed by atoms with Crippen LogP contribution in [0, 0.1) is 63.0 Å². The van der Waals surface area contributed by atoms with Gasteiger partial charge in [-0.3, -0.25) is 28.8 Å². The number of halogens is 14. The van der Waals surface area contributed by atoms with Crippen LogP contribution in [-0.4, -0.2) is 127 Å². The molecule has 0 spiro atoms. The van der Waals surface area contributed by atoms with Crippen LogP contribution in [0.4, 0.5) is 61.5 Å². The van der Waals surface area contributed by atoms with Crippen molar-refractivity contribution in [2.45, 2.75) is 150 Å². The number of carbonyl (C=O) groups excluding carboxylic acids is 3. The molecular weight excluding hydrogens is 1510 g/mol. The topological polar surface area (TPSA) is 221 Å². The van der Waals surface area contributed by atoms with Gasteiger partial charge in [0.15, 0.2) is 0 Å². The summed E-state index contributed by atoms with van der Waals surface area (Å²) < 4.78 is 220. The minimum absolute atomic E-state index is 0. The van der Waals surface area contributed by atoms with Gasteiger partial charge in [0.05, 0.1) is 67.0 Å². The maximum absolute atomic E-state index is 16.1. The fraction of sp³-hybridized carbons (Fsp3) is 0.500. The molecule has 4 aromatic carbocycles. The first-order chi connectivity index (χ1) is 49.4. The van der Waals surface area contributed by atoms with Crippen LogP contribution in [-0.2, 0) is 70.9 Å². The van der Waals surface area contributed by atoms with Crippen molar-refractivity contribution in [2.75, 3.05) is 73.3 Å². The first-order valence-electron chi connectivity index (χ1n) is 34.4. The third-order valence-corrected chi connectivity index (χ3v) is 18.7. The number of aromatic nitrogens is 2. The van der Waals surface area contributed by atoms with Gasteiger partial charge < -0.3 is 54.4 Å². The summed E-state index contributed by atoms with van der Waals surface area (Å²) in [7, 11) is 3.11. The van der Waals surface area contributed by atoms with Crippen LogP contribution in [0.2, 0.25) is 0 Å². The van der Waals surface area contributed by atoms with Crippen molar-refractivity contribution in [3.05, 3.63) is 184 Å². The van der Waals surface area contributed by atoms with Crippen LogP contribution >= 0.6 is 27.0 Å². The number of methoxy groups -OCH3 is 2. The molecule has 2 fully saturated rings. The fourth-order valence-electron chi connectivity index (χ4n) is 13.8. The van der Waals surface area contributed by atoms with Crippen molar-refractivity contribution in [1.82, 2.24) is 29.6 Å². The van der Waals surface area contributed by atoms with Gasteiger partial charge in [0.25, 0.3) is 11.1 Å². The number of aryl methyl sites for hydroxylation is 4. The largest absolute Gasteiger partial charge is 1.00 e. The summed E-state index contributed by atoms with van der Waals surface area (Å²) in [5.41, 5.74) is -6.88. The van der Waals surface area contributed by atoms with Crippen LogP contribution in [0.3, 0.4) is 0 Å². The molecule has 2 aliphatic rings. The molecule has 0 bridgehead atoms.